The lowest BCUT2D eigenvalue weighted by Gasteiger charge is -2.08. The zero-order valence-corrected chi connectivity index (χ0v) is 9.04. The van der Waals surface area contributed by atoms with E-state index in [1.54, 1.807) is 0 Å². The number of hydrogen-bond donors (Lipinski definition) is 1. The average Bonchev–Trinajstić information content (AvgIpc) is 2.17. The summed E-state index contributed by atoms with van der Waals surface area (Å²) in [5.74, 6) is 0.523. The van der Waals surface area contributed by atoms with Crippen molar-refractivity contribution in [3.05, 3.63) is 23.8 Å². The topological polar surface area (TPSA) is 87.4 Å². The molecule has 0 heterocycles. The third-order valence-corrected chi connectivity index (χ3v) is 2.79. The van der Waals surface area contributed by atoms with Crippen LogP contribution >= 0.6 is 0 Å². The van der Waals surface area contributed by atoms with Crippen LogP contribution in [0, 0.1) is 0 Å². The predicted molar refractivity (Wildman–Crippen MR) is 54.5 cm³/mol. The molecule has 0 spiro atoms. The third-order valence-electron chi connectivity index (χ3n) is 1.94. The van der Waals surface area contributed by atoms with E-state index >= 15 is 0 Å². The van der Waals surface area contributed by atoms with Crippen LogP contribution in [0.4, 0.5) is 0 Å². The number of rotatable bonds is 4. The molecule has 2 N–H and O–H groups in total. The van der Waals surface area contributed by atoms with E-state index in [1.807, 2.05) is 0 Å². The van der Waals surface area contributed by atoms with Crippen LogP contribution in [-0.4, -0.2) is 26.6 Å². The van der Waals surface area contributed by atoms with E-state index in [-0.39, 0.29) is 11.4 Å². The van der Waals surface area contributed by atoms with Gasteiger partial charge in [-0.25, -0.2) is 0 Å². The first kappa shape index (κ1) is 12.0. The lowest BCUT2D eigenvalue weighted by atomic mass is 10.1. The zero-order chi connectivity index (χ0) is 11.5. The SMILES string of the molecule is COc1ccc(S(=O)(=O)O)cc1CC[NH]. The average molecular weight is 230 g/mol. The third kappa shape index (κ3) is 2.92. The summed E-state index contributed by atoms with van der Waals surface area (Å²) in [5, 5.41) is 0. The minimum Gasteiger partial charge on any atom is -0.496 e. The van der Waals surface area contributed by atoms with Crippen LogP contribution in [0.1, 0.15) is 5.56 Å². The number of benzene rings is 1. The minimum atomic E-state index is -4.19. The molecule has 0 aromatic heterocycles. The van der Waals surface area contributed by atoms with E-state index in [4.69, 9.17) is 15.0 Å². The van der Waals surface area contributed by atoms with Crippen molar-refractivity contribution < 1.29 is 17.7 Å². The molecule has 0 saturated heterocycles. The van der Waals surface area contributed by atoms with Crippen molar-refractivity contribution in [2.75, 3.05) is 13.7 Å². The van der Waals surface area contributed by atoms with Gasteiger partial charge in [-0.2, -0.15) is 8.42 Å². The standard InChI is InChI=1S/C9H12NO4S/c1-14-9-3-2-8(15(11,12)13)6-7(9)4-5-10/h2-3,6,10H,4-5H2,1H3,(H,11,12,13). The zero-order valence-electron chi connectivity index (χ0n) is 8.23. The van der Waals surface area contributed by atoms with Gasteiger partial charge < -0.3 is 4.74 Å². The Morgan fingerprint density at radius 2 is 2.13 bits per heavy atom. The summed E-state index contributed by atoms with van der Waals surface area (Å²) < 4.78 is 35.5. The Morgan fingerprint density at radius 3 is 2.60 bits per heavy atom. The quantitative estimate of drug-likeness (QED) is 0.774. The normalized spacial score (nSPS) is 11.4. The first-order valence-electron chi connectivity index (χ1n) is 4.28. The van der Waals surface area contributed by atoms with Crippen molar-refractivity contribution in [2.24, 2.45) is 0 Å². The van der Waals surface area contributed by atoms with Crippen LogP contribution in [-0.2, 0) is 16.5 Å². The fourth-order valence-corrected chi connectivity index (χ4v) is 1.78. The predicted octanol–water partition coefficient (Wildman–Crippen LogP) is 0.767. The summed E-state index contributed by atoms with van der Waals surface area (Å²) in [6.45, 7) is 0.130. The van der Waals surface area contributed by atoms with Crippen molar-refractivity contribution in [3.8, 4) is 5.75 Å². The summed E-state index contributed by atoms with van der Waals surface area (Å²) in [6, 6.07) is 4.05. The van der Waals surface area contributed by atoms with Gasteiger partial charge in [0.2, 0.25) is 0 Å². The number of methoxy groups -OCH3 is 1. The van der Waals surface area contributed by atoms with Crippen molar-refractivity contribution in [1.82, 2.24) is 5.73 Å². The molecule has 0 bridgehead atoms. The van der Waals surface area contributed by atoms with E-state index in [0.29, 0.717) is 17.7 Å². The molecule has 0 fully saturated rings. The molecule has 0 atom stereocenters. The van der Waals surface area contributed by atoms with E-state index in [1.165, 1.54) is 25.3 Å². The first-order chi connectivity index (χ1) is 6.99. The highest BCUT2D eigenvalue weighted by atomic mass is 32.2. The molecule has 6 heteroatoms. The Balaban J connectivity index is 3.22. The lowest BCUT2D eigenvalue weighted by molar-refractivity contribution is 0.409. The van der Waals surface area contributed by atoms with Gasteiger partial charge in [0.25, 0.3) is 10.1 Å². The van der Waals surface area contributed by atoms with Crippen molar-refractivity contribution in [3.63, 3.8) is 0 Å². The largest absolute Gasteiger partial charge is 0.496 e. The number of nitrogens with one attached hydrogen (secondary N) is 1. The molecule has 15 heavy (non-hydrogen) atoms. The second kappa shape index (κ2) is 4.61. The van der Waals surface area contributed by atoms with Gasteiger partial charge >= 0.3 is 0 Å². The molecule has 1 radical (unpaired) electrons. The van der Waals surface area contributed by atoms with Gasteiger partial charge in [0.15, 0.2) is 0 Å². The van der Waals surface area contributed by atoms with Gasteiger partial charge in [-0.15, -0.1) is 0 Å². The Kier molecular flexibility index (Phi) is 3.67. The van der Waals surface area contributed by atoms with Crippen LogP contribution in [0.5, 0.6) is 5.75 Å². The van der Waals surface area contributed by atoms with Gasteiger partial charge in [-0.3, -0.25) is 10.3 Å². The van der Waals surface area contributed by atoms with Crippen LogP contribution in [0.25, 0.3) is 0 Å². The van der Waals surface area contributed by atoms with E-state index < -0.39 is 10.1 Å². The van der Waals surface area contributed by atoms with Gasteiger partial charge in [0.05, 0.1) is 12.0 Å². The molecule has 0 unspecified atom stereocenters. The number of ether oxygens (including phenoxy) is 1. The Bertz CT molecular complexity index is 441. The molecule has 0 aliphatic heterocycles. The van der Waals surface area contributed by atoms with Gasteiger partial charge in [-0.1, -0.05) is 0 Å². The van der Waals surface area contributed by atoms with E-state index in [9.17, 15) is 8.42 Å². The first-order valence-corrected chi connectivity index (χ1v) is 5.72. The molecule has 1 rings (SSSR count). The maximum absolute atomic E-state index is 10.9. The monoisotopic (exact) mass is 230 g/mol. The highest BCUT2D eigenvalue weighted by Crippen LogP contribution is 2.22. The van der Waals surface area contributed by atoms with Crippen LogP contribution < -0.4 is 10.5 Å². The van der Waals surface area contributed by atoms with Crippen LogP contribution in [0.2, 0.25) is 0 Å². The number of hydrogen-bond acceptors (Lipinski definition) is 3. The van der Waals surface area contributed by atoms with Crippen LogP contribution in [0.15, 0.2) is 23.1 Å². The van der Waals surface area contributed by atoms with E-state index in [0.717, 1.165) is 0 Å². The van der Waals surface area contributed by atoms with Crippen molar-refractivity contribution >= 4 is 10.1 Å². The summed E-state index contributed by atoms with van der Waals surface area (Å²) in [5.41, 5.74) is 7.67. The molecule has 0 saturated carbocycles. The summed E-state index contributed by atoms with van der Waals surface area (Å²) in [6.07, 6.45) is 0.381. The van der Waals surface area contributed by atoms with Crippen LogP contribution in [0.3, 0.4) is 0 Å². The fourth-order valence-electron chi connectivity index (χ4n) is 1.25. The second-order valence-corrected chi connectivity index (χ2v) is 4.37. The van der Waals surface area contributed by atoms with E-state index in [2.05, 4.69) is 0 Å². The summed E-state index contributed by atoms with van der Waals surface area (Å²) in [7, 11) is -2.72. The smallest absolute Gasteiger partial charge is 0.294 e. The molecule has 1 aromatic rings. The van der Waals surface area contributed by atoms with Gasteiger partial charge in [-0.05, 0) is 30.2 Å². The molecule has 1 aromatic carbocycles. The summed E-state index contributed by atoms with van der Waals surface area (Å²) >= 11 is 0. The Morgan fingerprint density at radius 1 is 1.47 bits per heavy atom. The maximum Gasteiger partial charge on any atom is 0.294 e. The fraction of sp³-hybridized carbons (Fsp3) is 0.333. The molecule has 5 nitrogen and oxygen atoms in total. The minimum absolute atomic E-state index is 0.130. The van der Waals surface area contributed by atoms with Gasteiger partial charge in [0, 0.05) is 6.54 Å². The highest BCUT2D eigenvalue weighted by Gasteiger charge is 2.12. The molecule has 83 valence electrons. The lowest BCUT2D eigenvalue weighted by Crippen LogP contribution is -2.02. The van der Waals surface area contributed by atoms with Crippen molar-refractivity contribution in [2.45, 2.75) is 11.3 Å². The Hall–Kier alpha value is -1.11. The molecular weight excluding hydrogens is 218 g/mol. The molecule has 0 aliphatic carbocycles. The maximum atomic E-state index is 10.9. The molecule has 0 aliphatic rings. The van der Waals surface area contributed by atoms with Gasteiger partial charge in [0.1, 0.15) is 5.75 Å². The molecule has 0 amide bonds. The Labute approximate surface area is 88.6 Å². The second-order valence-electron chi connectivity index (χ2n) is 2.95. The molecular formula is C9H12NO4S. The highest BCUT2D eigenvalue weighted by molar-refractivity contribution is 7.85. The summed E-state index contributed by atoms with van der Waals surface area (Å²) in [4.78, 5) is -0.174. The van der Waals surface area contributed by atoms with Crippen molar-refractivity contribution in [1.29, 1.82) is 0 Å².